The number of hydrogen-bond acceptors (Lipinski definition) is 4. The summed E-state index contributed by atoms with van der Waals surface area (Å²) in [6, 6.07) is 6.66. The van der Waals surface area contributed by atoms with E-state index in [4.69, 9.17) is 11.6 Å². The van der Waals surface area contributed by atoms with Gasteiger partial charge in [-0.1, -0.05) is 23.4 Å². The molecule has 2 aromatic heterocycles. The summed E-state index contributed by atoms with van der Waals surface area (Å²) in [5, 5.41) is 10.7. The lowest BCUT2D eigenvalue weighted by Gasteiger charge is -2.14. The highest BCUT2D eigenvalue weighted by molar-refractivity contribution is 7.99. The van der Waals surface area contributed by atoms with Gasteiger partial charge in [0.05, 0.1) is 17.0 Å². The molecule has 0 radical (unpaired) electrons. The van der Waals surface area contributed by atoms with E-state index in [-0.39, 0.29) is 16.5 Å². The average molecular weight is 416 g/mol. The predicted molar refractivity (Wildman–Crippen MR) is 95.8 cm³/mol. The lowest BCUT2D eigenvalue weighted by atomic mass is 10.1. The Labute approximate surface area is 161 Å². The second kappa shape index (κ2) is 7.65. The molecule has 11 heteroatoms. The molecule has 27 heavy (non-hydrogen) atoms. The lowest BCUT2D eigenvalue weighted by molar-refractivity contribution is -0.137. The first-order chi connectivity index (χ1) is 12.8. The summed E-state index contributed by atoms with van der Waals surface area (Å²) >= 11 is 6.81. The highest BCUT2D eigenvalue weighted by Gasteiger charge is 2.34. The van der Waals surface area contributed by atoms with E-state index in [1.54, 1.807) is 28.7 Å². The van der Waals surface area contributed by atoms with Crippen molar-refractivity contribution >= 4 is 35.0 Å². The topological polar surface area (TPSA) is 64.7 Å². The van der Waals surface area contributed by atoms with Crippen LogP contribution in [0.25, 0.3) is 0 Å². The number of aryl methyl sites for hydroxylation is 1. The molecule has 142 valence electrons. The molecule has 0 saturated carbocycles. The van der Waals surface area contributed by atoms with Crippen LogP contribution in [0.15, 0.2) is 47.9 Å². The van der Waals surface area contributed by atoms with E-state index in [1.165, 1.54) is 0 Å². The monoisotopic (exact) mass is 415 g/mol. The van der Waals surface area contributed by atoms with Crippen molar-refractivity contribution in [2.75, 3.05) is 11.1 Å². The van der Waals surface area contributed by atoms with E-state index in [2.05, 4.69) is 15.5 Å². The normalized spacial score (nSPS) is 11.6. The van der Waals surface area contributed by atoms with Crippen molar-refractivity contribution in [1.29, 1.82) is 0 Å². The molecule has 0 saturated heterocycles. The van der Waals surface area contributed by atoms with Crippen molar-refractivity contribution in [3.63, 3.8) is 0 Å². The van der Waals surface area contributed by atoms with Gasteiger partial charge < -0.3 is 5.32 Å². The number of anilines is 1. The predicted octanol–water partition coefficient (Wildman–Crippen LogP) is 4.10. The van der Waals surface area contributed by atoms with Gasteiger partial charge in [-0.25, -0.2) is 4.68 Å². The number of rotatable bonds is 5. The van der Waals surface area contributed by atoms with Crippen LogP contribution in [-0.4, -0.2) is 31.2 Å². The molecule has 2 heterocycles. The summed E-state index contributed by atoms with van der Waals surface area (Å²) in [5.74, 6) is -0.167. The van der Waals surface area contributed by atoms with Gasteiger partial charge in [0.25, 0.3) is 0 Å². The van der Waals surface area contributed by atoms with Gasteiger partial charge in [-0.05, 0) is 37.3 Å². The zero-order valence-electron chi connectivity index (χ0n) is 13.9. The van der Waals surface area contributed by atoms with E-state index >= 15 is 0 Å². The van der Waals surface area contributed by atoms with E-state index < -0.39 is 17.6 Å². The van der Waals surface area contributed by atoms with Gasteiger partial charge in [-0.15, -0.1) is 10.2 Å². The molecule has 3 aromatic rings. The minimum absolute atomic E-state index is 0.0916. The van der Waals surface area contributed by atoms with Gasteiger partial charge in [0.1, 0.15) is 0 Å². The molecule has 0 aliphatic carbocycles. The fraction of sp³-hybridized carbons (Fsp3) is 0.188. The molecular formula is C16H13ClF3N5OS. The van der Waals surface area contributed by atoms with Crippen LogP contribution < -0.4 is 5.32 Å². The minimum atomic E-state index is -4.61. The van der Waals surface area contributed by atoms with E-state index in [9.17, 15) is 18.0 Å². The van der Waals surface area contributed by atoms with Crippen LogP contribution in [0.3, 0.4) is 0 Å². The Hall–Kier alpha value is -2.46. The van der Waals surface area contributed by atoms with Crippen LogP contribution in [0.1, 0.15) is 11.4 Å². The Morgan fingerprint density at radius 2 is 1.96 bits per heavy atom. The second-order valence-electron chi connectivity index (χ2n) is 5.43. The number of nitrogens with one attached hydrogen (secondary N) is 1. The molecule has 0 spiro atoms. The van der Waals surface area contributed by atoms with Crippen molar-refractivity contribution in [3.05, 3.63) is 59.1 Å². The van der Waals surface area contributed by atoms with Gasteiger partial charge in [-0.3, -0.25) is 9.47 Å². The zero-order valence-corrected chi connectivity index (χ0v) is 15.4. The first kappa shape index (κ1) is 19.3. The first-order valence-electron chi connectivity index (χ1n) is 7.61. The number of nitrogens with zero attached hydrogens (tertiary/aromatic N) is 4. The summed E-state index contributed by atoms with van der Waals surface area (Å²) in [7, 11) is 0. The molecule has 0 unspecified atom stereocenters. The highest BCUT2D eigenvalue weighted by Crippen LogP contribution is 2.36. The summed E-state index contributed by atoms with van der Waals surface area (Å²) in [6.45, 7) is 1.75. The number of carbonyl (C=O) groups is 1. The zero-order chi connectivity index (χ0) is 19.6. The molecule has 0 aliphatic rings. The molecule has 0 fully saturated rings. The van der Waals surface area contributed by atoms with Gasteiger partial charge >= 0.3 is 6.18 Å². The molecule has 0 aliphatic heterocycles. The Morgan fingerprint density at radius 1 is 1.26 bits per heavy atom. The molecule has 3 rings (SSSR count). The third kappa shape index (κ3) is 4.45. The van der Waals surface area contributed by atoms with Crippen molar-refractivity contribution in [2.24, 2.45) is 0 Å². The fourth-order valence-corrected chi connectivity index (χ4v) is 3.29. The third-order valence-corrected chi connectivity index (χ3v) is 4.64. The smallest absolute Gasteiger partial charge is 0.325 e. The summed E-state index contributed by atoms with van der Waals surface area (Å²) in [4.78, 5) is 12.2. The van der Waals surface area contributed by atoms with Crippen molar-refractivity contribution < 1.29 is 18.0 Å². The standard InChI is InChI=1S/C16H13ClF3N5OS/c1-10-22-23-15(25(10)24-6-2-3-7-24)27-9-14(26)21-13-8-11(17)4-5-12(13)16(18,19)20/h2-8H,9H2,1H3,(H,21,26). The highest BCUT2D eigenvalue weighted by atomic mass is 35.5. The van der Waals surface area contributed by atoms with Gasteiger partial charge in [0.2, 0.25) is 11.1 Å². The summed E-state index contributed by atoms with van der Waals surface area (Å²) in [5.41, 5.74) is -1.35. The molecule has 0 atom stereocenters. The number of benzene rings is 1. The van der Waals surface area contributed by atoms with Gasteiger partial charge in [0.15, 0.2) is 5.82 Å². The maximum atomic E-state index is 13.1. The van der Waals surface area contributed by atoms with Crippen molar-refractivity contribution in [2.45, 2.75) is 18.3 Å². The van der Waals surface area contributed by atoms with Gasteiger partial charge in [0, 0.05) is 17.4 Å². The van der Waals surface area contributed by atoms with Gasteiger partial charge in [-0.2, -0.15) is 13.2 Å². The largest absolute Gasteiger partial charge is 0.418 e. The number of amides is 1. The lowest BCUT2D eigenvalue weighted by Crippen LogP contribution is -2.19. The Balaban J connectivity index is 1.73. The van der Waals surface area contributed by atoms with Crippen LogP contribution in [0, 0.1) is 6.92 Å². The molecule has 0 bridgehead atoms. The Kier molecular flexibility index (Phi) is 5.47. The SMILES string of the molecule is Cc1nnc(SCC(=O)Nc2cc(Cl)ccc2C(F)(F)F)n1-n1cccc1. The van der Waals surface area contributed by atoms with Crippen molar-refractivity contribution in [3.8, 4) is 0 Å². The number of alkyl halides is 3. The molecule has 1 amide bonds. The number of aromatic nitrogens is 4. The summed E-state index contributed by atoms with van der Waals surface area (Å²) < 4.78 is 42.6. The van der Waals surface area contributed by atoms with E-state index in [1.807, 2.05) is 12.1 Å². The Morgan fingerprint density at radius 3 is 2.63 bits per heavy atom. The molecule has 6 nitrogen and oxygen atoms in total. The first-order valence-corrected chi connectivity index (χ1v) is 8.97. The third-order valence-electron chi connectivity index (χ3n) is 3.48. The number of thioether (sulfide) groups is 1. The quantitative estimate of drug-likeness (QED) is 0.637. The average Bonchev–Trinajstić information content (AvgIpc) is 3.21. The van der Waals surface area contributed by atoms with Crippen LogP contribution in [0.4, 0.5) is 18.9 Å². The number of halogens is 4. The van der Waals surface area contributed by atoms with Crippen LogP contribution in [0.2, 0.25) is 5.02 Å². The fourth-order valence-electron chi connectivity index (χ4n) is 2.34. The van der Waals surface area contributed by atoms with Crippen LogP contribution in [-0.2, 0) is 11.0 Å². The molecular weight excluding hydrogens is 403 g/mol. The van der Waals surface area contributed by atoms with E-state index in [0.717, 1.165) is 30.0 Å². The maximum Gasteiger partial charge on any atom is 0.418 e. The van der Waals surface area contributed by atoms with Crippen LogP contribution in [0.5, 0.6) is 0 Å². The van der Waals surface area contributed by atoms with Crippen molar-refractivity contribution in [1.82, 2.24) is 19.5 Å². The second-order valence-corrected chi connectivity index (χ2v) is 6.81. The molecule has 1 N–H and O–H groups in total. The summed E-state index contributed by atoms with van der Waals surface area (Å²) in [6.07, 6.45) is -1.05. The van der Waals surface area contributed by atoms with E-state index in [0.29, 0.717) is 11.0 Å². The van der Waals surface area contributed by atoms with Crippen LogP contribution >= 0.6 is 23.4 Å². The number of carbonyl (C=O) groups excluding carboxylic acids is 1. The Bertz CT molecular complexity index is 956. The molecule has 1 aromatic carbocycles. The number of hydrogen-bond donors (Lipinski definition) is 1. The minimum Gasteiger partial charge on any atom is -0.325 e. The maximum absolute atomic E-state index is 13.1.